The van der Waals surface area contributed by atoms with Crippen molar-refractivity contribution in [3.63, 3.8) is 0 Å². The van der Waals surface area contributed by atoms with E-state index in [-0.39, 0.29) is 6.03 Å². The third-order valence-electron chi connectivity index (χ3n) is 5.08. The van der Waals surface area contributed by atoms with Crippen molar-refractivity contribution in [1.82, 2.24) is 25.0 Å². The SMILES string of the molecule is C[C@@H]1CCC[C@@H](NC(=O)N2CCC[C@@H](c3nncn3C)C2)C1. The highest BCUT2D eigenvalue weighted by Crippen LogP contribution is 2.26. The number of hydrogen-bond acceptors (Lipinski definition) is 3. The van der Waals surface area contributed by atoms with E-state index in [1.165, 1.54) is 12.8 Å². The molecule has 0 unspecified atom stereocenters. The highest BCUT2D eigenvalue weighted by Gasteiger charge is 2.29. The monoisotopic (exact) mass is 305 g/mol. The van der Waals surface area contributed by atoms with Gasteiger partial charge in [-0.1, -0.05) is 19.8 Å². The molecule has 1 saturated heterocycles. The molecular formula is C16H27N5O. The lowest BCUT2D eigenvalue weighted by molar-refractivity contribution is 0.168. The molecule has 2 fully saturated rings. The minimum absolute atomic E-state index is 0.103. The van der Waals surface area contributed by atoms with Crippen LogP contribution in [0.15, 0.2) is 6.33 Å². The molecule has 6 heteroatoms. The summed E-state index contributed by atoms with van der Waals surface area (Å²) in [6.07, 6.45) is 8.61. The first-order valence-electron chi connectivity index (χ1n) is 8.53. The minimum atomic E-state index is 0.103. The van der Waals surface area contributed by atoms with E-state index < -0.39 is 0 Å². The Hall–Kier alpha value is -1.59. The molecule has 22 heavy (non-hydrogen) atoms. The van der Waals surface area contributed by atoms with Gasteiger partial charge in [0.15, 0.2) is 0 Å². The summed E-state index contributed by atoms with van der Waals surface area (Å²) in [7, 11) is 1.97. The first kappa shape index (κ1) is 15.3. The van der Waals surface area contributed by atoms with Gasteiger partial charge >= 0.3 is 6.03 Å². The molecule has 0 aromatic carbocycles. The van der Waals surface area contributed by atoms with Crippen molar-refractivity contribution in [1.29, 1.82) is 0 Å². The highest BCUT2D eigenvalue weighted by atomic mass is 16.2. The summed E-state index contributed by atoms with van der Waals surface area (Å²) in [4.78, 5) is 14.5. The average Bonchev–Trinajstić information content (AvgIpc) is 2.93. The second-order valence-electron chi connectivity index (χ2n) is 7.00. The van der Waals surface area contributed by atoms with Crippen molar-refractivity contribution >= 4 is 6.03 Å². The van der Waals surface area contributed by atoms with E-state index in [1.54, 1.807) is 6.33 Å². The smallest absolute Gasteiger partial charge is 0.317 e. The van der Waals surface area contributed by atoms with Gasteiger partial charge < -0.3 is 14.8 Å². The third-order valence-corrected chi connectivity index (χ3v) is 5.08. The van der Waals surface area contributed by atoms with E-state index in [2.05, 4.69) is 22.4 Å². The van der Waals surface area contributed by atoms with E-state index in [4.69, 9.17) is 0 Å². The number of nitrogens with zero attached hydrogens (tertiary/aromatic N) is 4. The van der Waals surface area contributed by atoms with Crippen molar-refractivity contribution in [2.45, 2.75) is 57.4 Å². The zero-order chi connectivity index (χ0) is 15.5. The molecule has 3 atom stereocenters. The number of carbonyl (C=O) groups is 1. The minimum Gasteiger partial charge on any atom is -0.335 e. The zero-order valence-electron chi connectivity index (χ0n) is 13.7. The topological polar surface area (TPSA) is 63.1 Å². The Morgan fingerprint density at radius 3 is 2.91 bits per heavy atom. The molecule has 3 rings (SSSR count). The zero-order valence-corrected chi connectivity index (χ0v) is 13.7. The van der Waals surface area contributed by atoms with E-state index in [0.29, 0.717) is 12.0 Å². The lowest BCUT2D eigenvalue weighted by Gasteiger charge is -2.35. The molecule has 1 N–H and O–H groups in total. The summed E-state index contributed by atoms with van der Waals surface area (Å²) in [6, 6.07) is 0.456. The molecule has 1 aliphatic carbocycles. The van der Waals surface area contributed by atoms with Crippen LogP contribution in [0.4, 0.5) is 4.79 Å². The first-order chi connectivity index (χ1) is 10.6. The fourth-order valence-corrected chi connectivity index (χ4v) is 3.87. The first-order valence-corrected chi connectivity index (χ1v) is 8.53. The van der Waals surface area contributed by atoms with Crippen LogP contribution in [0.1, 0.15) is 57.2 Å². The lowest BCUT2D eigenvalue weighted by atomic mass is 9.87. The highest BCUT2D eigenvalue weighted by molar-refractivity contribution is 5.74. The van der Waals surface area contributed by atoms with Gasteiger partial charge in [-0.05, 0) is 31.6 Å². The largest absolute Gasteiger partial charge is 0.335 e. The summed E-state index contributed by atoms with van der Waals surface area (Å²) in [5.74, 6) is 2.02. The van der Waals surface area contributed by atoms with Gasteiger partial charge in [0.2, 0.25) is 0 Å². The van der Waals surface area contributed by atoms with Gasteiger partial charge in [-0.25, -0.2) is 4.79 Å². The van der Waals surface area contributed by atoms with Crippen molar-refractivity contribution in [3.8, 4) is 0 Å². The fraction of sp³-hybridized carbons (Fsp3) is 0.812. The second-order valence-corrected chi connectivity index (χ2v) is 7.00. The Morgan fingerprint density at radius 2 is 2.18 bits per heavy atom. The Bertz CT molecular complexity index is 514. The molecule has 1 saturated carbocycles. The molecule has 0 spiro atoms. The van der Waals surface area contributed by atoms with Crippen molar-refractivity contribution in [3.05, 3.63) is 12.2 Å². The number of urea groups is 1. The number of aryl methyl sites for hydroxylation is 1. The lowest BCUT2D eigenvalue weighted by Crippen LogP contribution is -2.49. The predicted octanol–water partition coefficient (Wildman–Crippen LogP) is 2.28. The van der Waals surface area contributed by atoms with Crippen molar-refractivity contribution in [2.24, 2.45) is 13.0 Å². The van der Waals surface area contributed by atoms with Crippen LogP contribution in [-0.4, -0.2) is 44.8 Å². The molecule has 0 radical (unpaired) electrons. The average molecular weight is 305 g/mol. The number of piperidine rings is 1. The van der Waals surface area contributed by atoms with Crippen LogP contribution in [-0.2, 0) is 7.05 Å². The van der Waals surface area contributed by atoms with Crippen LogP contribution < -0.4 is 5.32 Å². The molecule has 1 aliphatic heterocycles. The molecule has 2 amide bonds. The Balaban J connectivity index is 1.57. The molecule has 1 aromatic heterocycles. The molecule has 122 valence electrons. The van der Waals surface area contributed by atoms with Gasteiger partial charge in [-0.3, -0.25) is 0 Å². The summed E-state index contributed by atoms with van der Waals surface area (Å²) >= 11 is 0. The van der Waals surface area contributed by atoms with Crippen LogP contribution in [0.3, 0.4) is 0 Å². The van der Waals surface area contributed by atoms with E-state index in [1.807, 2.05) is 16.5 Å². The van der Waals surface area contributed by atoms with E-state index in [0.717, 1.165) is 50.5 Å². The van der Waals surface area contributed by atoms with Gasteiger partial charge in [-0.2, -0.15) is 0 Å². The predicted molar refractivity (Wildman–Crippen MR) is 84.5 cm³/mol. The summed E-state index contributed by atoms with van der Waals surface area (Å²) in [6.45, 7) is 3.88. The van der Waals surface area contributed by atoms with Gasteiger partial charge in [-0.15, -0.1) is 10.2 Å². The number of aromatic nitrogens is 3. The van der Waals surface area contributed by atoms with Crippen molar-refractivity contribution < 1.29 is 4.79 Å². The molecule has 6 nitrogen and oxygen atoms in total. The molecular weight excluding hydrogens is 278 g/mol. The number of hydrogen-bond donors (Lipinski definition) is 1. The Kier molecular flexibility index (Phi) is 4.64. The van der Waals surface area contributed by atoms with Crippen LogP contribution in [0, 0.1) is 5.92 Å². The van der Waals surface area contributed by atoms with Crippen LogP contribution in [0.5, 0.6) is 0 Å². The van der Waals surface area contributed by atoms with Crippen LogP contribution in [0.2, 0.25) is 0 Å². The number of amides is 2. The third kappa shape index (κ3) is 3.42. The number of rotatable bonds is 2. The Labute approximate surface area is 132 Å². The maximum absolute atomic E-state index is 12.5. The molecule has 1 aromatic rings. The normalized spacial score (nSPS) is 29.4. The van der Waals surface area contributed by atoms with Gasteiger partial charge in [0, 0.05) is 32.1 Å². The molecule has 0 bridgehead atoms. The summed E-state index contributed by atoms with van der Waals surface area (Å²) in [5, 5.41) is 11.4. The van der Waals surface area contributed by atoms with Crippen LogP contribution >= 0.6 is 0 Å². The standard InChI is InChI=1S/C16H27N5O/c1-12-5-3-7-14(9-12)18-16(22)21-8-4-6-13(10-21)15-19-17-11-20(15)2/h11-14H,3-10H2,1-2H3,(H,18,22)/t12-,13-,14-/m1/s1. The van der Waals surface area contributed by atoms with E-state index >= 15 is 0 Å². The Morgan fingerprint density at radius 1 is 1.32 bits per heavy atom. The van der Waals surface area contributed by atoms with Gasteiger partial charge in [0.1, 0.15) is 12.2 Å². The van der Waals surface area contributed by atoms with Gasteiger partial charge in [0.05, 0.1) is 0 Å². The number of carbonyl (C=O) groups excluding carboxylic acids is 1. The fourth-order valence-electron chi connectivity index (χ4n) is 3.87. The maximum atomic E-state index is 12.5. The van der Waals surface area contributed by atoms with Crippen molar-refractivity contribution in [2.75, 3.05) is 13.1 Å². The van der Waals surface area contributed by atoms with Gasteiger partial charge in [0.25, 0.3) is 0 Å². The summed E-state index contributed by atoms with van der Waals surface area (Å²) in [5.41, 5.74) is 0. The number of nitrogens with one attached hydrogen (secondary N) is 1. The summed E-state index contributed by atoms with van der Waals surface area (Å²) < 4.78 is 1.97. The molecule has 2 heterocycles. The second kappa shape index (κ2) is 6.67. The van der Waals surface area contributed by atoms with E-state index in [9.17, 15) is 4.79 Å². The quantitative estimate of drug-likeness (QED) is 0.912. The number of likely N-dealkylation sites (tertiary alicyclic amines) is 1. The molecule has 2 aliphatic rings. The van der Waals surface area contributed by atoms with Crippen LogP contribution in [0.25, 0.3) is 0 Å². The maximum Gasteiger partial charge on any atom is 0.317 e.